The van der Waals surface area contributed by atoms with Crippen molar-refractivity contribution in [1.82, 2.24) is 5.32 Å². The van der Waals surface area contributed by atoms with Gasteiger partial charge in [-0.25, -0.2) is 9.18 Å². The predicted octanol–water partition coefficient (Wildman–Crippen LogP) is 0.0980. The van der Waals surface area contributed by atoms with Gasteiger partial charge in [-0.3, -0.25) is 4.79 Å². The summed E-state index contributed by atoms with van der Waals surface area (Å²) in [4.78, 5) is 22.9. The van der Waals surface area contributed by atoms with E-state index in [1.807, 2.05) is 0 Å². The molecule has 6 nitrogen and oxygen atoms in total. The fourth-order valence-electron chi connectivity index (χ4n) is 1.36. The van der Waals surface area contributed by atoms with E-state index in [1.54, 1.807) is 0 Å². The zero-order valence-electron chi connectivity index (χ0n) is 10.5. The standard InChI is InChI=1S/C12H14FNO5/c1-18-7-3-4-8(9(13)5-7)11(16)14-10(6-15)12(17)19-2/h3-5,10,15H,6H2,1-2H3,(H,14,16). The van der Waals surface area contributed by atoms with E-state index in [0.717, 1.165) is 13.2 Å². The molecule has 2 N–H and O–H groups in total. The zero-order chi connectivity index (χ0) is 14.4. The molecule has 1 unspecified atom stereocenters. The van der Waals surface area contributed by atoms with Crippen LogP contribution in [0.15, 0.2) is 18.2 Å². The highest BCUT2D eigenvalue weighted by molar-refractivity contribution is 5.97. The molecule has 1 amide bonds. The zero-order valence-corrected chi connectivity index (χ0v) is 10.5. The van der Waals surface area contributed by atoms with Crippen LogP contribution in [-0.4, -0.2) is 43.9 Å². The van der Waals surface area contributed by atoms with Gasteiger partial charge in [0.05, 0.1) is 26.4 Å². The summed E-state index contributed by atoms with van der Waals surface area (Å²) in [6.45, 7) is -0.643. The molecule has 1 aromatic carbocycles. The smallest absolute Gasteiger partial charge is 0.330 e. The Hall–Kier alpha value is -2.15. The van der Waals surface area contributed by atoms with Crippen LogP contribution in [-0.2, 0) is 9.53 Å². The first-order chi connectivity index (χ1) is 9.03. The molecule has 0 fully saturated rings. The van der Waals surface area contributed by atoms with E-state index in [9.17, 15) is 14.0 Å². The number of aliphatic hydroxyl groups excluding tert-OH is 1. The van der Waals surface area contributed by atoms with Crippen LogP contribution < -0.4 is 10.1 Å². The molecule has 7 heteroatoms. The summed E-state index contributed by atoms with van der Waals surface area (Å²) in [6.07, 6.45) is 0. The lowest BCUT2D eigenvalue weighted by Crippen LogP contribution is -2.44. The molecule has 0 bridgehead atoms. The number of halogens is 1. The highest BCUT2D eigenvalue weighted by atomic mass is 19.1. The minimum Gasteiger partial charge on any atom is -0.497 e. The lowest BCUT2D eigenvalue weighted by atomic mass is 10.1. The van der Waals surface area contributed by atoms with Crippen molar-refractivity contribution < 1.29 is 28.6 Å². The third kappa shape index (κ3) is 3.65. The molecule has 0 radical (unpaired) electrons. The quantitative estimate of drug-likeness (QED) is 0.742. The van der Waals surface area contributed by atoms with Crippen molar-refractivity contribution in [3.8, 4) is 5.75 Å². The number of hydrogen-bond acceptors (Lipinski definition) is 5. The number of hydrogen-bond donors (Lipinski definition) is 2. The molecule has 1 aromatic rings. The summed E-state index contributed by atoms with van der Waals surface area (Å²) in [6, 6.07) is 2.43. The van der Waals surface area contributed by atoms with E-state index < -0.39 is 30.3 Å². The molecule has 0 heterocycles. The summed E-state index contributed by atoms with van der Waals surface area (Å²) in [5.74, 6) is -2.17. The molecule has 0 spiro atoms. The van der Waals surface area contributed by atoms with Crippen molar-refractivity contribution in [3.63, 3.8) is 0 Å². The van der Waals surface area contributed by atoms with Crippen LogP contribution in [0.2, 0.25) is 0 Å². The second-order valence-corrected chi connectivity index (χ2v) is 3.58. The maximum absolute atomic E-state index is 13.6. The van der Waals surface area contributed by atoms with Crippen molar-refractivity contribution >= 4 is 11.9 Å². The molecule has 0 aromatic heterocycles. The number of ether oxygens (including phenoxy) is 2. The van der Waals surface area contributed by atoms with Crippen molar-refractivity contribution in [3.05, 3.63) is 29.6 Å². The number of nitrogens with one attached hydrogen (secondary N) is 1. The molecule has 1 atom stereocenters. The minimum atomic E-state index is -1.24. The Morgan fingerprint density at radius 1 is 1.42 bits per heavy atom. The number of methoxy groups -OCH3 is 2. The van der Waals surface area contributed by atoms with Crippen molar-refractivity contribution in [1.29, 1.82) is 0 Å². The molecule has 104 valence electrons. The van der Waals surface area contributed by atoms with Crippen molar-refractivity contribution in [2.24, 2.45) is 0 Å². The van der Waals surface area contributed by atoms with Crippen LogP contribution in [0.3, 0.4) is 0 Å². The van der Waals surface area contributed by atoms with Crippen LogP contribution in [0, 0.1) is 5.82 Å². The first-order valence-electron chi connectivity index (χ1n) is 5.36. The number of rotatable bonds is 5. The highest BCUT2D eigenvalue weighted by Gasteiger charge is 2.22. The summed E-state index contributed by atoms with van der Waals surface area (Å²) < 4.78 is 22.8. The SMILES string of the molecule is COC(=O)C(CO)NC(=O)c1ccc(OC)cc1F. The Bertz CT molecular complexity index is 477. The molecule has 0 aliphatic rings. The Labute approximate surface area is 109 Å². The van der Waals surface area contributed by atoms with Gasteiger partial charge in [0, 0.05) is 6.07 Å². The maximum atomic E-state index is 13.6. The van der Waals surface area contributed by atoms with E-state index in [2.05, 4.69) is 10.1 Å². The fourth-order valence-corrected chi connectivity index (χ4v) is 1.36. The number of benzene rings is 1. The molecule has 0 saturated heterocycles. The van der Waals surface area contributed by atoms with Gasteiger partial charge in [0.25, 0.3) is 5.91 Å². The molecule has 1 rings (SSSR count). The van der Waals surface area contributed by atoms with Gasteiger partial charge in [-0.1, -0.05) is 0 Å². The second-order valence-electron chi connectivity index (χ2n) is 3.58. The third-order valence-corrected chi connectivity index (χ3v) is 2.39. The normalized spacial score (nSPS) is 11.6. The summed E-state index contributed by atoms with van der Waals surface area (Å²) in [7, 11) is 2.48. The van der Waals surface area contributed by atoms with Crippen LogP contribution in [0.1, 0.15) is 10.4 Å². The Balaban J connectivity index is 2.86. The molecule has 0 aliphatic carbocycles. The summed E-state index contributed by atoms with van der Waals surface area (Å²) in [5.41, 5.74) is -0.261. The topological polar surface area (TPSA) is 84.9 Å². The van der Waals surface area contributed by atoms with Crippen molar-refractivity contribution in [2.75, 3.05) is 20.8 Å². The first-order valence-corrected chi connectivity index (χ1v) is 5.36. The van der Waals surface area contributed by atoms with E-state index in [4.69, 9.17) is 9.84 Å². The predicted molar refractivity (Wildman–Crippen MR) is 63.3 cm³/mol. The van der Waals surface area contributed by atoms with Crippen LogP contribution >= 0.6 is 0 Å². The fraction of sp³-hybridized carbons (Fsp3) is 0.333. The lowest BCUT2D eigenvalue weighted by Gasteiger charge is -2.14. The van der Waals surface area contributed by atoms with Gasteiger partial charge in [0.15, 0.2) is 6.04 Å². The molecule has 19 heavy (non-hydrogen) atoms. The average molecular weight is 271 g/mol. The Kier molecular flexibility index (Phi) is 5.25. The van der Waals surface area contributed by atoms with E-state index in [-0.39, 0.29) is 11.3 Å². The monoisotopic (exact) mass is 271 g/mol. The minimum absolute atomic E-state index is 0.261. The highest BCUT2D eigenvalue weighted by Crippen LogP contribution is 2.16. The van der Waals surface area contributed by atoms with Gasteiger partial charge >= 0.3 is 5.97 Å². The number of carbonyl (C=O) groups is 2. The van der Waals surface area contributed by atoms with Gasteiger partial charge in [0.1, 0.15) is 11.6 Å². The largest absolute Gasteiger partial charge is 0.497 e. The first kappa shape index (κ1) is 14.9. The van der Waals surface area contributed by atoms with E-state index >= 15 is 0 Å². The summed E-state index contributed by atoms with van der Waals surface area (Å²) in [5, 5.41) is 11.1. The summed E-state index contributed by atoms with van der Waals surface area (Å²) >= 11 is 0. The lowest BCUT2D eigenvalue weighted by molar-refractivity contribution is -0.143. The number of esters is 1. The van der Waals surface area contributed by atoms with Crippen LogP contribution in [0.5, 0.6) is 5.75 Å². The second kappa shape index (κ2) is 6.69. The molecule has 0 saturated carbocycles. The molecule has 0 aliphatic heterocycles. The van der Waals surface area contributed by atoms with Gasteiger partial charge in [-0.05, 0) is 12.1 Å². The van der Waals surface area contributed by atoms with Gasteiger partial charge in [-0.2, -0.15) is 0 Å². The average Bonchev–Trinajstić information content (AvgIpc) is 2.43. The van der Waals surface area contributed by atoms with Crippen LogP contribution in [0.4, 0.5) is 4.39 Å². The van der Waals surface area contributed by atoms with Gasteiger partial charge in [-0.15, -0.1) is 0 Å². The third-order valence-electron chi connectivity index (χ3n) is 2.39. The van der Waals surface area contributed by atoms with Gasteiger partial charge < -0.3 is 19.9 Å². The number of amides is 1. The number of carbonyl (C=O) groups excluding carboxylic acids is 2. The number of aliphatic hydroxyl groups is 1. The molecular weight excluding hydrogens is 257 g/mol. The van der Waals surface area contributed by atoms with Crippen LogP contribution in [0.25, 0.3) is 0 Å². The van der Waals surface area contributed by atoms with E-state index in [1.165, 1.54) is 19.2 Å². The van der Waals surface area contributed by atoms with E-state index in [0.29, 0.717) is 0 Å². The Morgan fingerprint density at radius 3 is 2.58 bits per heavy atom. The van der Waals surface area contributed by atoms with Crippen molar-refractivity contribution in [2.45, 2.75) is 6.04 Å². The van der Waals surface area contributed by atoms with Gasteiger partial charge in [0.2, 0.25) is 0 Å². The molecular formula is C12H14FNO5. The Morgan fingerprint density at radius 2 is 2.11 bits per heavy atom. The maximum Gasteiger partial charge on any atom is 0.330 e.